The van der Waals surface area contributed by atoms with Gasteiger partial charge in [-0.1, -0.05) is 18.2 Å². The molecule has 0 fully saturated rings. The van der Waals surface area contributed by atoms with Crippen molar-refractivity contribution in [3.63, 3.8) is 0 Å². The molecule has 0 bridgehead atoms. The molecule has 0 rings (SSSR count). The first-order valence-corrected chi connectivity index (χ1v) is 5.89. The highest BCUT2D eigenvalue weighted by Crippen LogP contribution is 2.39. The smallest absolute Gasteiger partial charge is 0.333 e. The second-order valence-electron chi connectivity index (χ2n) is 2.50. The summed E-state index contributed by atoms with van der Waals surface area (Å²) in [4.78, 5) is 9.00. The Morgan fingerprint density at radius 3 is 1.47 bits per heavy atom. The third-order valence-corrected chi connectivity index (χ3v) is 1.97. The van der Waals surface area contributed by atoms with Crippen LogP contribution in [-0.4, -0.2) is 38.6 Å². The van der Waals surface area contributed by atoms with Gasteiger partial charge in [-0.05, 0) is 0 Å². The van der Waals surface area contributed by atoms with E-state index in [0.717, 1.165) is 7.85 Å². The van der Waals surface area contributed by atoms with Crippen molar-refractivity contribution in [3.8, 4) is 0 Å². The molecule has 0 radical (unpaired) electrons. The maximum absolute atomic E-state index is 9.00. The molecule has 0 aliphatic rings. The molecule has 7 heteroatoms. The van der Waals surface area contributed by atoms with Crippen molar-refractivity contribution < 1.29 is 23.5 Å². The normalized spacial score (nSPS) is 9.00. The topological polar surface area (TPSA) is 65.0 Å². The molecule has 0 saturated heterocycles. The summed E-state index contributed by atoms with van der Waals surface area (Å²) >= 11 is 0. The van der Waals surface area contributed by atoms with E-state index in [9.17, 15) is 0 Å². The van der Waals surface area contributed by atoms with Gasteiger partial charge in [0, 0.05) is 0 Å². The molecule has 0 atom stereocenters. The van der Waals surface area contributed by atoms with Crippen LogP contribution in [-0.2, 0) is 13.6 Å². The van der Waals surface area contributed by atoms with E-state index in [1.807, 2.05) is 0 Å². The Morgan fingerprint density at radius 2 is 1.29 bits per heavy atom. The molecule has 0 unspecified atom stereocenters. The molecule has 5 nitrogen and oxygen atoms in total. The Labute approximate surface area is 104 Å². The summed E-state index contributed by atoms with van der Waals surface area (Å²) in [6.45, 7) is 11.8. The fraction of sp³-hybridized carbons (Fsp3) is 0.300. The van der Waals surface area contributed by atoms with Gasteiger partial charge in [-0.15, -0.1) is 19.7 Å². The summed E-state index contributed by atoms with van der Waals surface area (Å²) < 4.78 is 15.6. The van der Waals surface area contributed by atoms with Gasteiger partial charge in [-0.3, -0.25) is 4.79 Å². The molecule has 0 saturated carbocycles. The Kier molecular flexibility index (Phi) is 16.3. The van der Waals surface area contributed by atoms with Crippen LogP contribution in [0.25, 0.3) is 0 Å². The van der Waals surface area contributed by atoms with Crippen molar-refractivity contribution in [1.29, 1.82) is 0 Å². The molecule has 0 aliphatic heterocycles. The lowest BCUT2D eigenvalue weighted by molar-refractivity contribution is 0.194. The van der Waals surface area contributed by atoms with Gasteiger partial charge in [0.2, 0.25) is 13.7 Å². The molecular weight excluding hydrogens is 242 g/mol. The van der Waals surface area contributed by atoms with E-state index in [0.29, 0.717) is 19.8 Å². The van der Waals surface area contributed by atoms with Gasteiger partial charge in [-0.25, -0.2) is 0 Å². The van der Waals surface area contributed by atoms with Gasteiger partial charge in [0.15, 0.2) is 0 Å². The highest BCUT2D eigenvalue weighted by molar-refractivity contribution is 7.41. The summed E-state index contributed by atoms with van der Waals surface area (Å²) in [5.41, 5.74) is 0. The van der Waals surface area contributed by atoms with E-state index in [2.05, 4.69) is 19.7 Å². The largest absolute Gasteiger partial charge is 0.490 e. The van der Waals surface area contributed by atoms with E-state index in [1.165, 1.54) is 0 Å². The van der Waals surface area contributed by atoms with Crippen LogP contribution in [0.5, 0.6) is 0 Å². The summed E-state index contributed by atoms with van der Waals surface area (Å²) in [7, 11) is -0.209. The van der Waals surface area contributed by atoms with Gasteiger partial charge >= 0.3 is 8.60 Å². The standard InChI is InChI=1S/C9H15O3P.CH3BO2/c1-4-7-10-13(11-8-5-2)12-9-6-3;2-1(3)4/h4-6H,1-3,7-9H2;2H2,(H,3,4). The fourth-order valence-corrected chi connectivity index (χ4v) is 1.36. The predicted octanol–water partition coefficient (Wildman–Crippen LogP) is 2.12. The summed E-state index contributed by atoms with van der Waals surface area (Å²) in [5.74, 6) is -0.833. The van der Waals surface area contributed by atoms with Crippen molar-refractivity contribution in [3.05, 3.63) is 38.0 Å². The average Bonchev–Trinajstić information content (AvgIpc) is 2.27. The second-order valence-corrected chi connectivity index (χ2v) is 3.72. The van der Waals surface area contributed by atoms with Crippen molar-refractivity contribution in [2.45, 2.75) is 0 Å². The number of carbonyl (C=O) groups is 1. The number of hydrogen-bond acceptors (Lipinski definition) is 4. The number of hydrogen-bond donors (Lipinski definition) is 1. The molecule has 0 aromatic heterocycles. The molecule has 0 aromatic carbocycles. The van der Waals surface area contributed by atoms with Gasteiger partial charge in [0.05, 0.1) is 19.8 Å². The maximum Gasteiger partial charge on any atom is 0.333 e. The van der Waals surface area contributed by atoms with Crippen LogP contribution in [0.15, 0.2) is 38.0 Å². The molecule has 1 N–H and O–H groups in total. The summed E-state index contributed by atoms with van der Waals surface area (Å²) in [5, 5.41) is 7.42. The summed E-state index contributed by atoms with van der Waals surface area (Å²) in [6.07, 6.45) is 4.93. The Hall–Kier alpha value is -0.935. The SMILES string of the molecule is BC(=O)O.C=CCOP(OCC=C)OCC=C. The molecule has 0 heterocycles. The zero-order valence-electron chi connectivity index (χ0n) is 10.0. The van der Waals surface area contributed by atoms with Crippen molar-refractivity contribution in [1.82, 2.24) is 0 Å². The van der Waals surface area contributed by atoms with Crippen LogP contribution in [0.4, 0.5) is 4.79 Å². The number of rotatable bonds is 9. The lowest BCUT2D eigenvalue weighted by atomic mass is 10.2. The van der Waals surface area contributed by atoms with E-state index in [4.69, 9.17) is 23.5 Å². The van der Waals surface area contributed by atoms with E-state index in [1.54, 1.807) is 18.2 Å². The van der Waals surface area contributed by atoms with Crippen LogP contribution in [0.2, 0.25) is 0 Å². The lowest BCUT2D eigenvalue weighted by Gasteiger charge is -2.13. The first kappa shape index (κ1) is 18.4. The van der Waals surface area contributed by atoms with Gasteiger partial charge in [0.1, 0.15) is 0 Å². The van der Waals surface area contributed by atoms with Crippen molar-refractivity contribution >= 4 is 22.3 Å². The van der Waals surface area contributed by atoms with Crippen LogP contribution in [0, 0.1) is 0 Å². The van der Waals surface area contributed by atoms with Crippen LogP contribution in [0.3, 0.4) is 0 Å². The van der Waals surface area contributed by atoms with Crippen molar-refractivity contribution in [2.24, 2.45) is 0 Å². The van der Waals surface area contributed by atoms with Crippen molar-refractivity contribution in [2.75, 3.05) is 19.8 Å². The zero-order valence-corrected chi connectivity index (χ0v) is 10.9. The second kappa shape index (κ2) is 15.1. The fourth-order valence-electron chi connectivity index (χ4n) is 0.452. The Bertz CT molecular complexity index is 202. The predicted molar refractivity (Wildman–Crippen MR) is 71.9 cm³/mol. The average molecular weight is 260 g/mol. The Balaban J connectivity index is 0. The molecule has 96 valence electrons. The number of carboxylic acid groups (broad SMARTS) is 1. The van der Waals surface area contributed by atoms with Gasteiger partial charge in [-0.2, -0.15) is 0 Å². The van der Waals surface area contributed by atoms with Gasteiger partial charge < -0.3 is 18.7 Å². The Morgan fingerprint density at radius 1 is 1.06 bits per heavy atom. The maximum atomic E-state index is 9.00. The highest BCUT2D eigenvalue weighted by Gasteiger charge is 2.09. The highest BCUT2D eigenvalue weighted by atomic mass is 31.2. The third kappa shape index (κ3) is 21.0. The minimum absolute atomic E-state index is 0.417. The lowest BCUT2D eigenvalue weighted by Crippen LogP contribution is -1.95. The molecule has 0 aliphatic carbocycles. The monoisotopic (exact) mass is 260 g/mol. The minimum atomic E-state index is -1.29. The zero-order chi connectivity index (χ0) is 13.5. The summed E-state index contributed by atoms with van der Waals surface area (Å²) in [6, 6.07) is 0. The molecule has 0 spiro atoms. The first-order valence-electron chi connectivity index (χ1n) is 4.79. The van der Waals surface area contributed by atoms with E-state index >= 15 is 0 Å². The molecular formula is C10H18BO5P. The molecule has 0 aromatic rings. The first-order chi connectivity index (χ1) is 8.08. The molecule has 17 heavy (non-hydrogen) atoms. The quantitative estimate of drug-likeness (QED) is 0.390. The van der Waals surface area contributed by atoms with E-state index < -0.39 is 14.5 Å². The van der Waals surface area contributed by atoms with Crippen LogP contribution in [0.1, 0.15) is 0 Å². The van der Waals surface area contributed by atoms with E-state index in [-0.39, 0.29) is 0 Å². The van der Waals surface area contributed by atoms with Crippen LogP contribution >= 0.6 is 8.60 Å². The minimum Gasteiger partial charge on any atom is -0.490 e. The van der Waals surface area contributed by atoms with Crippen LogP contribution < -0.4 is 0 Å². The van der Waals surface area contributed by atoms with Gasteiger partial charge in [0.25, 0.3) is 0 Å². The molecule has 0 amide bonds. The third-order valence-electron chi connectivity index (χ3n) is 0.893.